The quantitative estimate of drug-likeness (QED) is 0.704. The number of benzene rings is 1. The molecule has 0 unspecified atom stereocenters. The van der Waals surface area contributed by atoms with Gasteiger partial charge in [-0.25, -0.2) is 0 Å². The van der Waals surface area contributed by atoms with Crippen LogP contribution in [0.3, 0.4) is 0 Å². The van der Waals surface area contributed by atoms with Gasteiger partial charge in [-0.15, -0.1) is 0 Å². The molecule has 0 aromatic heterocycles. The minimum Gasteiger partial charge on any atom is -0.372 e. The van der Waals surface area contributed by atoms with Crippen molar-refractivity contribution in [1.29, 1.82) is 0 Å². The highest BCUT2D eigenvalue weighted by Gasteiger charge is 2.00. The Morgan fingerprint density at radius 3 is 2.40 bits per heavy atom. The number of primary amides is 1. The number of carbonyl (C=O) groups excluding carboxylic acids is 1. The Bertz CT molecular complexity index is 344. The number of hydrogen-bond acceptors (Lipinski definition) is 2. The van der Waals surface area contributed by atoms with E-state index in [1.165, 1.54) is 5.69 Å². The van der Waals surface area contributed by atoms with Crippen LogP contribution in [-0.4, -0.2) is 13.0 Å². The molecule has 15 heavy (non-hydrogen) atoms. The molecule has 0 saturated heterocycles. The normalized spacial score (nSPS) is 12.9. The Morgan fingerprint density at radius 1 is 1.20 bits per heavy atom. The van der Waals surface area contributed by atoms with E-state index in [1.807, 2.05) is 6.07 Å². The molecule has 2 rings (SSSR count). The summed E-state index contributed by atoms with van der Waals surface area (Å²) in [6.07, 6.45) is 8.61. The topological polar surface area (TPSA) is 46.3 Å². The van der Waals surface area contributed by atoms with E-state index < -0.39 is 0 Å². The van der Waals surface area contributed by atoms with Gasteiger partial charge >= 0.3 is 0 Å². The SMILES string of the molecule is C1=CCN(c2ccccc2)C=C1.NC=O. The van der Waals surface area contributed by atoms with Gasteiger partial charge in [-0.2, -0.15) is 0 Å². The van der Waals surface area contributed by atoms with Crippen LogP contribution < -0.4 is 10.6 Å². The van der Waals surface area contributed by atoms with Crippen molar-refractivity contribution < 1.29 is 4.79 Å². The number of nitrogens with two attached hydrogens (primary N) is 1. The Labute approximate surface area is 89.5 Å². The summed E-state index contributed by atoms with van der Waals surface area (Å²) >= 11 is 0. The van der Waals surface area contributed by atoms with Gasteiger partial charge in [0.25, 0.3) is 0 Å². The van der Waals surface area contributed by atoms with Gasteiger partial charge in [-0.1, -0.05) is 30.4 Å². The highest BCUT2D eigenvalue weighted by Crippen LogP contribution is 2.14. The number of anilines is 1. The Balaban J connectivity index is 0.000000337. The van der Waals surface area contributed by atoms with Crippen molar-refractivity contribution >= 4 is 12.1 Å². The van der Waals surface area contributed by atoms with Gasteiger partial charge in [-0.3, -0.25) is 4.79 Å². The first-order chi connectivity index (χ1) is 7.38. The van der Waals surface area contributed by atoms with E-state index in [4.69, 9.17) is 4.79 Å². The molecule has 0 bridgehead atoms. The predicted molar refractivity (Wildman–Crippen MR) is 62.3 cm³/mol. The van der Waals surface area contributed by atoms with E-state index in [-0.39, 0.29) is 6.41 Å². The van der Waals surface area contributed by atoms with Crippen LogP contribution >= 0.6 is 0 Å². The van der Waals surface area contributed by atoms with E-state index in [0.717, 1.165) is 6.54 Å². The molecular formula is C12H14N2O. The fraction of sp³-hybridized carbons (Fsp3) is 0.0833. The zero-order chi connectivity index (χ0) is 10.9. The highest BCUT2D eigenvalue weighted by atomic mass is 16.1. The number of rotatable bonds is 1. The smallest absolute Gasteiger partial charge is 0.204 e. The van der Waals surface area contributed by atoms with Gasteiger partial charge in [-0.05, 0) is 18.2 Å². The van der Waals surface area contributed by atoms with Crippen LogP contribution in [0.2, 0.25) is 0 Å². The monoisotopic (exact) mass is 202 g/mol. The van der Waals surface area contributed by atoms with Gasteiger partial charge < -0.3 is 10.6 Å². The maximum absolute atomic E-state index is 8.58. The third kappa shape index (κ3) is 3.68. The van der Waals surface area contributed by atoms with E-state index in [1.54, 1.807) is 0 Å². The summed E-state index contributed by atoms with van der Waals surface area (Å²) in [6.45, 7) is 0.973. The van der Waals surface area contributed by atoms with Crippen molar-refractivity contribution in [3.63, 3.8) is 0 Å². The molecule has 1 aromatic carbocycles. The Hall–Kier alpha value is -2.03. The van der Waals surface area contributed by atoms with Crippen LogP contribution in [-0.2, 0) is 4.79 Å². The van der Waals surface area contributed by atoms with Crippen LogP contribution in [0.5, 0.6) is 0 Å². The zero-order valence-corrected chi connectivity index (χ0v) is 8.41. The lowest BCUT2D eigenvalue weighted by Gasteiger charge is -2.20. The number of carbonyl (C=O) groups is 1. The average Bonchev–Trinajstić information content (AvgIpc) is 2.32. The van der Waals surface area contributed by atoms with Crippen LogP contribution in [0.1, 0.15) is 0 Å². The van der Waals surface area contributed by atoms with Gasteiger partial charge in [0.1, 0.15) is 0 Å². The summed E-state index contributed by atoms with van der Waals surface area (Å²) in [5, 5.41) is 0. The first kappa shape index (κ1) is 11.0. The summed E-state index contributed by atoms with van der Waals surface area (Å²) < 4.78 is 0. The van der Waals surface area contributed by atoms with Crippen molar-refractivity contribution in [3.8, 4) is 0 Å². The molecular weight excluding hydrogens is 188 g/mol. The van der Waals surface area contributed by atoms with Crippen LogP contribution in [0.25, 0.3) is 0 Å². The maximum atomic E-state index is 8.58. The number of nitrogens with zero attached hydrogens (tertiary/aromatic N) is 1. The largest absolute Gasteiger partial charge is 0.372 e. The molecule has 0 atom stereocenters. The minimum atomic E-state index is 0.250. The lowest BCUT2D eigenvalue weighted by atomic mass is 10.2. The standard InChI is InChI=1S/C11H11N.CH3NO/c1-3-7-11(8-4-1)12-9-5-2-6-10-12;2-1-3/h1-9H,10H2;1H,(H2,2,3). The zero-order valence-electron chi connectivity index (χ0n) is 8.41. The molecule has 2 N–H and O–H groups in total. The summed E-state index contributed by atoms with van der Waals surface area (Å²) in [5.74, 6) is 0. The molecule has 1 heterocycles. The molecule has 1 aliphatic rings. The number of amides is 1. The average molecular weight is 202 g/mol. The van der Waals surface area contributed by atoms with E-state index in [2.05, 4.69) is 59.3 Å². The first-order valence-corrected chi connectivity index (χ1v) is 4.69. The molecule has 1 aromatic rings. The maximum Gasteiger partial charge on any atom is 0.204 e. The minimum absolute atomic E-state index is 0.250. The molecule has 1 amide bonds. The van der Waals surface area contributed by atoms with E-state index in [0.29, 0.717) is 0 Å². The third-order valence-corrected chi connectivity index (χ3v) is 1.90. The third-order valence-electron chi connectivity index (χ3n) is 1.90. The molecule has 3 heteroatoms. The summed E-state index contributed by atoms with van der Waals surface area (Å²) in [4.78, 5) is 10.8. The van der Waals surface area contributed by atoms with Crippen molar-refractivity contribution in [2.24, 2.45) is 5.73 Å². The van der Waals surface area contributed by atoms with Crippen LogP contribution in [0.4, 0.5) is 5.69 Å². The molecule has 78 valence electrons. The summed E-state index contributed by atoms with van der Waals surface area (Å²) in [7, 11) is 0. The van der Waals surface area contributed by atoms with Crippen molar-refractivity contribution in [2.75, 3.05) is 11.4 Å². The second-order valence-electron chi connectivity index (χ2n) is 2.89. The molecule has 0 fully saturated rings. The van der Waals surface area contributed by atoms with Crippen molar-refractivity contribution in [1.82, 2.24) is 0 Å². The second kappa shape index (κ2) is 6.43. The van der Waals surface area contributed by atoms with Gasteiger partial charge in [0.2, 0.25) is 6.41 Å². The van der Waals surface area contributed by atoms with E-state index >= 15 is 0 Å². The Kier molecular flexibility index (Phi) is 4.73. The number of hydrogen-bond donors (Lipinski definition) is 1. The molecule has 0 spiro atoms. The first-order valence-electron chi connectivity index (χ1n) is 4.69. The summed E-state index contributed by atoms with van der Waals surface area (Å²) in [5.41, 5.74) is 5.41. The van der Waals surface area contributed by atoms with Gasteiger partial charge in [0.15, 0.2) is 0 Å². The lowest BCUT2D eigenvalue weighted by molar-refractivity contribution is -0.106. The molecule has 0 saturated carbocycles. The lowest BCUT2D eigenvalue weighted by Crippen LogP contribution is -2.16. The second-order valence-corrected chi connectivity index (χ2v) is 2.89. The highest BCUT2D eigenvalue weighted by molar-refractivity contribution is 5.50. The molecule has 1 aliphatic heterocycles. The van der Waals surface area contributed by atoms with E-state index in [9.17, 15) is 0 Å². The number of allylic oxidation sites excluding steroid dienone is 2. The Morgan fingerprint density at radius 2 is 1.87 bits per heavy atom. The van der Waals surface area contributed by atoms with Crippen LogP contribution in [0.15, 0.2) is 54.8 Å². The molecule has 3 nitrogen and oxygen atoms in total. The van der Waals surface area contributed by atoms with Gasteiger partial charge in [0.05, 0.1) is 0 Å². The van der Waals surface area contributed by atoms with Crippen molar-refractivity contribution in [2.45, 2.75) is 0 Å². The van der Waals surface area contributed by atoms with Crippen molar-refractivity contribution in [3.05, 3.63) is 54.8 Å². The predicted octanol–water partition coefficient (Wildman–Crippen LogP) is 1.68. The summed E-state index contributed by atoms with van der Waals surface area (Å²) in [6, 6.07) is 10.4. The number of para-hydroxylation sites is 1. The molecule has 0 aliphatic carbocycles. The fourth-order valence-electron chi connectivity index (χ4n) is 1.28. The van der Waals surface area contributed by atoms with Gasteiger partial charge in [0, 0.05) is 18.4 Å². The fourth-order valence-corrected chi connectivity index (χ4v) is 1.28. The van der Waals surface area contributed by atoms with Crippen LogP contribution in [0, 0.1) is 0 Å². The molecule has 0 radical (unpaired) electrons.